The zero-order chi connectivity index (χ0) is 11.1. The maximum atomic E-state index is 11.2. The van der Waals surface area contributed by atoms with Crippen molar-refractivity contribution < 1.29 is 4.79 Å². The van der Waals surface area contributed by atoms with Gasteiger partial charge in [0.05, 0.1) is 0 Å². The van der Waals surface area contributed by atoms with Crippen molar-refractivity contribution in [3.05, 3.63) is 0 Å². The van der Waals surface area contributed by atoms with Crippen molar-refractivity contribution in [1.82, 2.24) is 10.2 Å². The van der Waals surface area contributed by atoms with Gasteiger partial charge in [-0.3, -0.25) is 4.79 Å². The Morgan fingerprint density at radius 2 is 1.88 bits per heavy atom. The highest BCUT2D eigenvalue weighted by Gasteiger charge is 2.10. The second-order valence-corrected chi connectivity index (χ2v) is 4.70. The molecule has 0 aromatic heterocycles. The van der Waals surface area contributed by atoms with Crippen LogP contribution in [-0.2, 0) is 4.79 Å². The van der Waals surface area contributed by atoms with Crippen molar-refractivity contribution in [3.63, 3.8) is 0 Å². The largest absolute Gasteiger partial charge is 0.356 e. The Morgan fingerprint density at radius 1 is 1.25 bits per heavy atom. The number of hydrogen-bond donors (Lipinski definition) is 1. The lowest BCUT2D eigenvalue weighted by atomic mass is 10.2. The van der Waals surface area contributed by atoms with E-state index in [1.54, 1.807) is 0 Å². The van der Waals surface area contributed by atoms with E-state index >= 15 is 0 Å². The molecule has 1 N–H and O–H groups in total. The number of amides is 1. The molecule has 0 unspecified atom stereocenters. The first kappa shape index (κ1) is 15.7. The van der Waals surface area contributed by atoms with E-state index in [4.69, 9.17) is 0 Å². The van der Waals surface area contributed by atoms with Crippen LogP contribution in [0.15, 0.2) is 0 Å². The van der Waals surface area contributed by atoms with E-state index in [-0.39, 0.29) is 24.2 Å². The second kappa shape index (κ2) is 8.82. The molecule has 3 nitrogen and oxygen atoms in total. The minimum atomic E-state index is 0. The Bertz CT molecular complexity index is 191. The molecule has 0 spiro atoms. The van der Waals surface area contributed by atoms with Gasteiger partial charge in [0.2, 0.25) is 5.91 Å². The summed E-state index contributed by atoms with van der Waals surface area (Å²) >= 11 is 0. The lowest BCUT2D eigenvalue weighted by Crippen LogP contribution is -2.29. The first-order valence-corrected chi connectivity index (χ1v) is 6.20. The van der Waals surface area contributed by atoms with Crippen molar-refractivity contribution in [1.29, 1.82) is 0 Å². The average molecular weight is 249 g/mol. The number of likely N-dealkylation sites (tertiary alicyclic amines) is 1. The SMILES string of the molecule is CC(C)C(=O)NCCCCN1CCCC1.Cl. The van der Waals surface area contributed by atoms with Crippen molar-refractivity contribution in [2.24, 2.45) is 5.92 Å². The molecular weight excluding hydrogens is 224 g/mol. The topological polar surface area (TPSA) is 32.3 Å². The van der Waals surface area contributed by atoms with Gasteiger partial charge in [-0.2, -0.15) is 0 Å². The van der Waals surface area contributed by atoms with Crippen LogP contribution in [0.1, 0.15) is 39.5 Å². The molecule has 1 aliphatic heterocycles. The van der Waals surface area contributed by atoms with E-state index in [2.05, 4.69) is 10.2 Å². The summed E-state index contributed by atoms with van der Waals surface area (Å²) < 4.78 is 0. The summed E-state index contributed by atoms with van der Waals surface area (Å²) in [7, 11) is 0. The van der Waals surface area contributed by atoms with Crippen molar-refractivity contribution in [2.75, 3.05) is 26.2 Å². The van der Waals surface area contributed by atoms with Crippen LogP contribution in [-0.4, -0.2) is 37.0 Å². The third-order valence-electron chi connectivity index (χ3n) is 2.92. The molecule has 0 atom stereocenters. The molecule has 1 amide bonds. The Hall–Kier alpha value is -0.280. The van der Waals surface area contributed by atoms with Gasteiger partial charge in [-0.15, -0.1) is 12.4 Å². The lowest BCUT2D eigenvalue weighted by Gasteiger charge is -2.14. The number of rotatable bonds is 6. The monoisotopic (exact) mass is 248 g/mol. The third-order valence-corrected chi connectivity index (χ3v) is 2.92. The summed E-state index contributed by atoms with van der Waals surface area (Å²) in [5.41, 5.74) is 0. The van der Waals surface area contributed by atoms with Crippen molar-refractivity contribution in [3.8, 4) is 0 Å². The molecule has 1 saturated heterocycles. The predicted molar refractivity (Wildman–Crippen MR) is 70.0 cm³/mol. The van der Waals surface area contributed by atoms with E-state index in [0.29, 0.717) is 0 Å². The summed E-state index contributed by atoms with van der Waals surface area (Å²) in [4.78, 5) is 13.8. The molecular formula is C12H25ClN2O. The molecule has 0 aromatic carbocycles. The molecule has 1 fully saturated rings. The van der Waals surface area contributed by atoms with Gasteiger partial charge in [0.1, 0.15) is 0 Å². The van der Waals surface area contributed by atoms with Crippen LogP contribution >= 0.6 is 12.4 Å². The standard InChI is InChI=1S/C12H24N2O.ClH/c1-11(2)12(15)13-7-3-4-8-14-9-5-6-10-14;/h11H,3-10H2,1-2H3,(H,13,15);1H. The van der Waals surface area contributed by atoms with Crippen LogP contribution in [0.3, 0.4) is 0 Å². The maximum Gasteiger partial charge on any atom is 0.222 e. The van der Waals surface area contributed by atoms with Gasteiger partial charge in [-0.1, -0.05) is 13.8 Å². The molecule has 16 heavy (non-hydrogen) atoms. The fraction of sp³-hybridized carbons (Fsp3) is 0.917. The molecule has 0 aromatic rings. The first-order chi connectivity index (χ1) is 7.20. The average Bonchev–Trinajstić information content (AvgIpc) is 2.69. The molecule has 1 heterocycles. The van der Waals surface area contributed by atoms with Crippen molar-refractivity contribution in [2.45, 2.75) is 39.5 Å². The minimum Gasteiger partial charge on any atom is -0.356 e. The maximum absolute atomic E-state index is 11.2. The van der Waals surface area contributed by atoms with Crippen LogP contribution in [0.5, 0.6) is 0 Å². The zero-order valence-electron chi connectivity index (χ0n) is 10.5. The van der Waals surface area contributed by atoms with Gasteiger partial charge in [-0.25, -0.2) is 0 Å². The third kappa shape index (κ3) is 6.33. The summed E-state index contributed by atoms with van der Waals surface area (Å²) in [6.45, 7) is 8.46. The van der Waals surface area contributed by atoms with Gasteiger partial charge in [-0.05, 0) is 45.3 Å². The Morgan fingerprint density at radius 3 is 2.44 bits per heavy atom. The van der Waals surface area contributed by atoms with Gasteiger partial charge in [0, 0.05) is 12.5 Å². The van der Waals surface area contributed by atoms with Crippen LogP contribution in [0.4, 0.5) is 0 Å². The normalized spacial score (nSPS) is 16.2. The summed E-state index contributed by atoms with van der Waals surface area (Å²) in [5.74, 6) is 0.291. The van der Waals surface area contributed by atoms with Crippen LogP contribution < -0.4 is 5.32 Å². The Kier molecular flexibility index (Phi) is 8.67. The van der Waals surface area contributed by atoms with Crippen LogP contribution in [0.2, 0.25) is 0 Å². The van der Waals surface area contributed by atoms with E-state index < -0.39 is 0 Å². The van der Waals surface area contributed by atoms with Crippen molar-refractivity contribution >= 4 is 18.3 Å². The van der Waals surface area contributed by atoms with Gasteiger partial charge in [0.25, 0.3) is 0 Å². The highest BCUT2D eigenvalue weighted by Crippen LogP contribution is 2.07. The molecule has 1 rings (SSSR count). The van der Waals surface area contributed by atoms with Crippen LogP contribution in [0.25, 0.3) is 0 Å². The number of carbonyl (C=O) groups is 1. The number of halogens is 1. The quantitative estimate of drug-likeness (QED) is 0.730. The molecule has 0 aliphatic carbocycles. The number of nitrogens with zero attached hydrogens (tertiary/aromatic N) is 1. The molecule has 4 heteroatoms. The summed E-state index contributed by atoms with van der Waals surface area (Å²) in [6.07, 6.45) is 5.04. The molecule has 0 bridgehead atoms. The molecule has 0 radical (unpaired) electrons. The summed E-state index contributed by atoms with van der Waals surface area (Å²) in [5, 5.41) is 2.95. The van der Waals surface area contributed by atoms with E-state index in [1.807, 2.05) is 13.8 Å². The number of hydrogen-bond acceptors (Lipinski definition) is 2. The zero-order valence-corrected chi connectivity index (χ0v) is 11.3. The van der Waals surface area contributed by atoms with E-state index in [1.165, 1.54) is 38.9 Å². The van der Waals surface area contributed by atoms with Gasteiger partial charge < -0.3 is 10.2 Å². The molecule has 96 valence electrons. The lowest BCUT2D eigenvalue weighted by molar-refractivity contribution is -0.123. The smallest absolute Gasteiger partial charge is 0.222 e. The number of carbonyl (C=O) groups excluding carboxylic acids is 1. The first-order valence-electron chi connectivity index (χ1n) is 6.20. The molecule has 0 saturated carbocycles. The van der Waals surface area contributed by atoms with E-state index in [9.17, 15) is 4.79 Å². The minimum absolute atomic E-state index is 0. The fourth-order valence-corrected chi connectivity index (χ4v) is 1.88. The highest BCUT2D eigenvalue weighted by molar-refractivity contribution is 5.85. The Labute approximate surface area is 105 Å². The Balaban J connectivity index is 0.00000225. The fourth-order valence-electron chi connectivity index (χ4n) is 1.88. The predicted octanol–water partition coefficient (Wildman–Crippen LogP) is 2.06. The number of unbranched alkanes of at least 4 members (excludes halogenated alkanes) is 1. The van der Waals surface area contributed by atoms with Gasteiger partial charge >= 0.3 is 0 Å². The van der Waals surface area contributed by atoms with Gasteiger partial charge in [0.15, 0.2) is 0 Å². The summed E-state index contributed by atoms with van der Waals surface area (Å²) in [6, 6.07) is 0. The number of nitrogens with one attached hydrogen (secondary N) is 1. The van der Waals surface area contributed by atoms with Crippen LogP contribution in [0, 0.1) is 5.92 Å². The second-order valence-electron chi connectivity index (χ2n) is 4.70. The highest BCUT2D eigenvalue weighted by atomic mass is 35.5. The molecule has 1 aliphatic rings. The van der Waals surface area contributed by atoms with E-state index in [0.717, 1.165) is 13.0 Å².